The fourth-order valence-electron chi connectivity index (χ4n) is 4.42. The fraction of sp³-hybridized carbons (Fsp3) is 0.259. The van der Waals surface area contributed by atoms with Crippen LogP contribution in [0.3, 0.4) is 0 Å². The molecule has 2 atom stereocenters. The van der Waals surface area contributed by atoms with E-state index in [1.54, 1.807) is 17.0 Å². The van der Waals surface area contributed by atoms with Crippen molar-refractivity contribution in [3.63, 3.8) is 0 Å². The molecule has 0 fully saturated rings. The minimum atomic E-state index is -0.450. The maximum atomic E-state index is 13.4. The molecule has 1 heterocycles. The number of hydrogen-bond donors (Lipinski definition) is 1. The highest BCUT2D eigenvalue weighted by Crippen LogP contribution is 2.36. The summed E-state index contributed by atoms with van der Waals surface area (Å²) >= 11 is 0. The van der Waals surface area contributed by atoms with Crippen molar-refractivity contribution in [2.24, 2.45) is 0 Å². The molecule has 0 unspecified atom stereocenters. The molecule has 0 spiro atoms. The molecule has 4 rings (SSSR count). The Kier molecular flexibility index (Phi) is 6.56. The first-order chi connectivity index (χ1) is 15.9. The average molecular weight is 447 g/mol. The number of rotatable bonds is 7. The summed E-state index contributed by atoms with van der Waals surface area (Å²) < 4.78 is 18.4. The summed E-state index contributed by atoms with van der Waals surface area (Å²) in [6, 6.07) is 19.3. The molecule has 0 aliphatic carbocycles. The van der Waals surface area contributed by atoms with Crippen molar-refractivity contribution in [1.82, 2.24) is 10.2 Å². The first-order valence-corrected chi connectivity index (χ1v) is 10.9. The Labute approximate surface area is 193 Å². The highest BCUT2D eigenvalue weighted by atomic mass is 19.1. The minimum Gasteiger partial charge on any atom is -0.469 e. The number of ether oxygens (including phenoxy) is 1. The SMILES string of the molecule is COC(=O)C[C@H](N[C@H]1c2ccccc2C(=O)N1Cc1ccc(F)cc1)c1ccc(C)cc1C. The van der Waals surface area contributed by atoms with Gasteiger partial charge in [-0.1, -0.05) is 54.1 Å². The molecule has 1 aliphatic heterocycles. The molecule has 0 radical (unpaired) electrons. The van der Waals surface area contributed by atoms with Crippen LogP contribution < -0.4 is 5.32 Å². The van der Waals surface area contributed by atoms with Gasteiger partial charge in [-0.15, -0.1) is 0 Å². The molecule has 0 saturated carbocycles. The van der Waals surface area contributed by atoms with E-state index in [1.807, 2.05) is 50.2 Å². The Bertz CT molecular complexity index is 1180. The number of aryl methyl sites for hydroxylation is 2. The van der Waals surface area contributed by atoms with Gasteiger partial charge in [0.25, 0.3) is 5.91 Å². The third-order valence-corrected chi connectivity index (χ3v) is 6.08. The van der Waals surface area contributed by atoms with E-state index in [1.165, 1.54) is 19.2 Å². The molecular formula is C27H27FN2O3. The van der Waals surface area contributed by atoms with Gasteiger partial charge in [0, 0.05) is 23.7 Å². The second kappa shape index (κ2) is 9.55. The van der Waals surface area contributed by atoms with Crippen LogP contribution >= 0.6 is 0 Å². The molecular weight excluding hydrogens is 419 g/mol. The maximum absolute atomic E-state index is 13.4. The molecule has 1 N–H and O–H groups in total. The number of amides is 1. The van der Waals surface area contributed by atoms with Crippen molar-refractivity contribution in [2.75, 3.05) is 7.11 Å². The van der Waals surface area contributed by atoms with Gasteiger partial charge in [0.05, 0.1) is 13.5 Å². The van der Waals surface area contributed by atoms with Crippen LogP contribution in [0.25, 0.3) is 0 Å². The van der Waals surface area contributed by atoms with E-state index in [2.05, 4.69) is 11.4 Å². The topological polar surface area (TPSA) is 58.6 Å². The summed E-state index contributed by atoms with van der Waals surface area (Å²) in [6.45, 7) is 4.34. The predicted octanol–water partition coefficient (Wildman–Crippen LogP) is 4.99. The number of benzene rings is 3. The highest BCUT2D eigenvalue weighted by molar-refractivity contribution is 5.99. The van der Waals surface area contributed by atoms with Crippen LogP contribution in [-0.2, 0) is 16.1 Å². The molecule has 3 aromatic rings. The number of hydrogen-bond acceptors (Lipinski definition) is 4. The Morgan fingerprint density at radius 3 is 2.52 bits per heavy atom. The van der Waals surface area contributed by atoms with Crippen LogP contribution in [0.2, 0.25) is 0 Å². The standard InChI is InChI=1S/C27H27FN2O3/c1-17-8-13-21(18(2)14-17)24(15-25(31)33-3)29-26-22-6-4-5-7-23(22)27(32)30(26)16-19-9-11-20(28)12-10-19/h4-14,24,26,29H,15-16H2,1-3H3/t24-,26+/m0/s1. The smallest absolute Gasteiger partial charge is 0.307 e. The van der Waals surface area contributed by atoms with Gasteiger partial charge < -0.3 is 9.64 Å². The van der Waals surface area contributed by atoms with E-state index in [9.17, 15) is 14.0 Å². The lowest BCUT2D eigenvalue weighted by Crippen LogP contribution is -2.39. The number of methoxy groups -OCH3 is 1. The highest BCUT2D eigenvalue weighted by Gasteiger charge is 2.38. The van der Waals surface area contributed by atoms with E-state index < -0.39 is 6.17 Å². The monoisotopic (exact) mass is 446 g/mol. The van der Waals surface area contributed by atoms with Crippen LogP contribution in [0, 0.1) is 19.7 Å². The van der Waals surface area contributed by atoms with E-state index in [-0.39, 0.29) is 30.2 Å². The Balaban J connectivity index is 1.71. The Morgan fingerprint density at radius 1 is 1.09 bits per heavy atom. The molecule has 0 bridgehead atoms. The third-order valence-electron chi connectivity index (χ3n) is 6.08. The van der Waals surface area contributed by atoms with Crippen molar-refractivity contribution >= 4 is 11.9 Å². The van der Waals surface area contributed by atoms with Gasteiger partial charge in [-0.05, 0) is 48.7 Å². The number of carbonyl (C=O) groups is 2. The Morgan fingerprint density at radius 2 is 1.82 bits per heavy atom. The summed E-state index contributed by atoms with van der Waals surface area (Å²) in [4.78, 5) is 27.3. The van der Waals surface area contributed by atoms with E-state index >= 15 is 0 Å². The van der Waals surface area contributed by atoms with E-state index in [0.29, 0.717) is 12.1 Å². The first kappa shape index (κ1) is 22.7. The predicted molar refractivity (Wildman–Crippen MR) is 124 cm³/mol. The first-order valence-electron chi connectivity index (χ1n) is 10.9. The molecule has 5 nitrogen and oxygen atoms in total. The van der Waals surface area contributed by atoms with Crippen molar-refractivity contribution < 1.29 is 18.7 Å². The summed E-state index contributed by atoms with van der Waals surface area (Å²) in [5.41, 5.74) is 5.45. The van der Waals surface area contributed by atoms with Crippen LogP contribution in [0.15, 0.2) is 66.7 Å². The molecule has 170 valence electrons. The van der Waals surface area contributed by atoms with Crippen molar-refractivity contribution in [3.8, 4) is 0 Å². The zero-order chi connectivity index (χ0) is 23.5. The normalized spacial score (nSPS) is 15.9. The van der Waals surface area contributed by atoms with Crippen molar-refractivity contribution in [1.29, 1.82) is 0 Å². The fourth-order valence-corrected chi connectivity index (χ4v) is 4.42. The molecule has 1 aliphatic rings. The number of halogens is 1. The van der Waals surface area contributed by atoms with E-state index in [4.69, 9.17) is 4.74 Å². The van der Waals surface area contributed by atoms with Gasteiger partial charge in [0.15, 0.2) is 0 Å². The van der Waals surface area contributed by atoms with Gasteiger partial charge in [0.2, 0.25) is 0 Å². The zero-order valence-corrected chi connectivity index (χ0v) is 19.0. The number of carbonyl (C=O) groups excluding carboxylic acids is 2. The van der Waals surface area contributed by atoms with Crippen LogP contribution in [-0.4, -0.2) is 23.9 Å². The van der Waals surface area contributed by atoms with Gasteiger partial charge in [-0.3, -0.25) is 14.9 Å². The van der Waals surface area contributed by atoms with Gasteiger partial charge in [-0.2, -0.15) is 0 Å². The second-order valence-corrected chi connectivity index (χ2v) is 8.41. The molecule has 6 heteroatoms. The second-order valence-electron chi connectivity index (χ2n) is 8.41. The molecule has 3 aromatic carbocycles. The van der Waals surface area contributed by atoms with Gasteiger partial charge in [-0.25, -0.2) is 4.39 Å². The molecule has 33 heavy (non-hydrogen) atoms. The summed E-state index contributed by atoms with van der Waals surface area (Å²) in [7, 11) is 1.37. The lowest BCUT2D eigenvalue weighted by molar-refractivity contribution is -0.141. The van der Waals surface area contributed by atoms with Gasteiger partial charge >= 0.3 is 5.97 Å². The van der Waals surface area contributed by atoms with Crippen LogP contribution in [0.5, 0.6) is 0 Å². The number of fused-ring (bicyclic) bond motifs is 1. The summed E-state index contributed by atoms with van der Waals surface area (Å²) in [5, 5.41) is 3.56. The zero-order valence-electron chi connectivity index (χ0n) is 19.0. The molecule has 0 saturated heterocycles. The number of esters is 1. The third kappa shape index (κ3) is 4.81. The summed E-state index contributed by atoms with van der Waals surface area (Å²) in [6.07, 6.45) is -0.327. The lowest BCUT2D eigenvalue weighted by Gasteiger charge is -2.31. The Hall–Kier alpha value is -3.51. The largest absolute Gasteiger partial charge is 0.469 e. The lowest BCUT2D eigenvalue weighted by atomic mass is 9.96. The van der Waals surface area contributed by atoms with Crippen LogP contribution in [0.1, 0.15) is 56.8 Å². The summed E-state index contributed by atoms with van der Waals surface area (Å²) in [5.74, 6) is -0.766. The van der Waals surface area contributed by atoms with Crippen molar-refractivity contribution in [2.45, 2.75) is 39.0 Å². The number of nitrogens with zero attached hydrogens (tertiary/aromatic N) is 1. The molecule has 1 amide bonds. The quantitative estimate of drug-likeness (QED) is 0.520. The average Bonchev–Trinajstić information content (AvgIpc) is 3.06. The van der Waals surface area contributed by atoms with Gasteiger partial charge in [0.1, 0.15) is 12.0 Å². The van der Waals surface area contributed by atoms with Crippen molar-refractivity contribution in [3.05, 3.63) is 106 Å². The van der Waals surface area contributed by atoms with E-state index in [0.717, 1.165) is 27.8 Å². The minimum absolute atomic E-state index is 0.107. The number of nitrogens with one attached hydrogen (secondary N) is 1. The maximum Gasteiger partial charge on any atom is 0.307 e. The molecule has 0 aromatic heterocycles. The van der Waals surface area contributed by atoms with Crippen LogP contribution in [0.4, 0.5) is 4.39 Å².